The average Bonchev–Trinajstić information content (AvgIpc) is 2.57. The van der Waals surface area contributed by atoms with Crippen molar-refractivity contribution in [2.24, 2.45) is 0 Å². The van der Waals surface area contributed by atoms with Crippen LogP contribution in [-0.2, 0) is 14.9 Å². The molecule has 106 valence electrons. The first kappa shape index (κ1) is 15.2. The maximum absolute atomic E-state index is 11.5. The molecule has 0 bridgehead atoms. The molecule has 0 aliphatic carbocycles. The summed E-state index contributed by atoms with van der Waals surface area (Å²) in [5.41, 5.74) is -0.0921. The Balaban J connectivity index is 2.90. The molecule has 0 aromatic carbocycles. The lowest BCUT2D eigenvalue weighted by Crippen LogP contribution is -2.35. The number of carbonyl (C=O) groups excluding carboxylic acids is 1. The van der Waals surface area contributed by atoms with E-state index in [2.05, 4.69) is 9.11 Å². The van der Waals surface area contributed by atoms with E-state index in [9.17, 15) is 18.0 Å². The second-order valence-corrected chi connectivity index (χ2v) is 5.39. The Morgan fingerprint density at radius 1 is 1.47 bits per heavy atom. The van der Waals surface area contributed by atoms with Crippen molar-refractivity contribution in [3.63, 3.8) is 0 Å². The Hall–Kier alpha value is -1.88. The Bertz CT molecular complexity index is 594. The standard InChI is InChI=1S/C8H11N3O6S2/c1-3-17-8(14)11-19(15,16)10-6-5(7(12)13)4(2)9-18-6/h10H,3H2,1-2H3,(H,11,14)(H,12,13). The predicted octanol–water partition coefficient (Wildman–Crippen LogP) is 0.553. The average molecular weight is 309 g/mol. The fraction of sp³-hybridized carbons (Fsp3) is 0.375. The molecule has 1 aromatic rings. The Kier molecular flexibility index (Phi) is 4.67. The van der Waals surface area contributed by atoms with E-state index in [1.54, 1.807) is 4.72 Å². The van der Waals surface area contributed by atoms with Crippen LogP contribution in [0.2, 0.25) is 0 Å². The van der Waals surface area contributed by atoms with Crippen molar-refractivity contribution in [2.75, 3.05) is 11.3 Å². The molecule has 1 rings (SSSR count). The number of hydrogen-bond acceptors (Lipinski definition) is 7. The summed E-state index contributed by atoms with van der Waals surface area (Å²) in [5, 5.41) is 8.73. The summed E-state index contributed by atoms with van der Waals surface area (Å²) >= 11 is 0.659. The van der Waals surface area contributed by atoms with Crippen molar-refractivity contribution in [2.45, 2.75) is 13.8 Å². The third-order valence-corrected chi connectivity index (χ3v) is 3.69. The Morgan fingerprint density at radius 2 is 2.11 bits per heavy atom. The lowest BCUT2D eigenvalue weighted by Gasteiger charge is -2.07. The minimum absolute atomic E-state index is 0.00138. The molecule has 0 spiro atoms. The maximum Gasteiger partial charge on any atom is 0.422 e. The van der Waals surface area contributed by atoms with Crippen molar-refractivity contribution >= 4 is 38.8 Å². The number of hydrogen-bond donors (Lipinski definition) is 3. The topological polar surface area (TPSA) is 135 Å². The minimum atomic E-state index is -4.27. The molecule has 0 atom stereocenters. The summed E-state index contributed by atoms with van der Waals surface area (Å²) in [5.74, 6) is -1.32. The summed E-state index contributed by atoms with van der Waals surface area (Å²) in [6.45, 7) is 2.94. The van der Waals surface area contributed by atoms with E-state index in [-0.39, 0.29) is 22.9 Å². The van der Waals surface area contributed by atoms with Crippen LogP contribution in [0.5, 0.6) is 0 Å². The quantitative estimate of drug-likeness (QED) is 0.722. The lowest BCUT2D eigenvalue weighted by molar-refractivity contribution is 0.0697. The van der Waals surface area contributed by atoms with Gasteiger partial charge in [0, 0.05) is 0 Å². The fourth-order valence-corrected chi connectivity index (χ4v) is 2.91. The van der Waals surface area contributed by atoms with Crippen LogP contribution in [0.25, 0.3) is 0 Å². The Labute approximate surface area is 112 Å². The molecule has 19 heavy (non-hydrogen) atoms. The maximum atomic E-state index is 11.5. The zero-order valence-corrected chi connectivity index (χ0v) is 11.6. The van der Waals surface area contributed by atoms with Gasteiger partial charge in [0.05, 0.1) is 12.3 Å². The van der Waals surface area contributed by atoms with Gasteiger partial charge < -0.3 is 9.84 Å². The predicted molar refractivity (Wildman–Crippen MR) is 66.5 cm³/mol. The highest BCUT2D eigenvalue weighted by Gasteiger charge is 2.23. The summed E-state index contributed by atoms with van der Waals surface area (Å²) in [4.78, 5) is 21.9. The molecule has 0 aliphatic heterocycles. The van der Waals surface area contributed by atoms with Crippen molar-refractivity contribution in [1.82, 2.24) is 9.10 Å². The molecule has 1 aromatic heterocycles. The van der Waals surface area contributed by atoms with Crippen LogP contribution >= 0.6 is 11.5 Å². The van der Waals surface area contributed by atoms with Crippen LogP contribution in [0.3, 0.4) is 0 Å². The summed E-state index contributed by atoms with van der Waals surface area (Å²) < 4.78 is 34.7. The van der Waals surface area contributed by atoms with E-state index < -0.39 is 22.3 Å². The van der Waals surface area contributed by atoms with Crippen LogP contribution in [-0.4, -0.2) is 36.6 Å². The summed E-state index contributed by atoms with van der Waals surface area (Å²) in [6.07, 6.45) is -1.16. The molecule has 0 saturated carbocycles. The molecular formula is C8H11N3O6S2. The van der Waals surface area contributed by atoms with Crippen molar-refractivity contribution in [1.29, 1.82) is 0 Å². The van der Waals surface area contributed by atoms with Gasteiger partial charge in [-0.15, -0.1) is 0 Å². The van der Waals surface area contributed by atoms with E-state index in [4.69, 9.17) is 5.11 Å². The van der Waals surface area contributed by atoms with E-state index in [0.717, 1.165) is 0 Å². The summed E-state index contributed by atoms with van der Waals surface area (Å²) in [7, 11) is -4.27. The van der Waals surface area contributed by atoms with Gasteiger partial charge in [-0.3, -0.25) is 4.72 Å². The zero-order chi connectivity index (χ0) is 14.6. The number of aromatic carboxylic acids is 1. The smallest absolute Gasteiger partial charge is 0.422 e. The largest absolute Gasteiger partial charge is 0.478 e. The van der Waals surface area contributed by atoms with Crippen molar-refractivity contribution < 1.29 is 27.9 Å². The lowest BCUT2D eigenvalue weighted by atomic mass is 10.2. The second-order valence-electron chi connectivity index (χ2n) is 3.21. The second kappa shape index (κ2) is 5.84. The van der Waals surface area contributed by atoms with Gasteiger partial charge in [0.2, 0.25) is 0 Å². The number of nitrogens with zero attached hydrogens (tertiary/aromatic N) is 1. The molecule has 0 saturated heterocycles. The minimum Gasteiger partial charge on any atom is -0.478 e. The number of ether oxygens (including phenoxy) is 1. The normalized spacial score (nSPS) is 10.8. The highest BCUT2D eigenvalue weighted by atomic mass is 32.2. The van der Waals surface area contributed by atoms with Gasteiger partial charge in [-0.1, -0.05) is 0 Å². The fourth-order valence-electron chi connectivity index (χ4n) is 1.11. The Morgan fingerprint density at radius 3 is 2.63 bits per heavy atom. The van der Waals surface area contributed by atoms with Crippen molar-refractivity contribution in [3.05, 3.63) is 11.3 Å². The third-order valence-electron chi connectivity index (χ3n) is 1.80. The molecule has 3 N–H and O–H groups in total. The SMILES string of the molecule is CCOC(=O)NS(=O)(=O)Nc1snc(C)c1C(=O)O. The molecule has 0 aliphatic rings. The van der Waals surface area contributed by atoms with Gasteiger partial charge in [-0.2, -0.15) is 12.8 Å². The third kappa shape index (κ3) is 4.06. The van der Waals surface area contributed by atoms with Crippen LogP contribution in [0, 0.1) is 6.92 Å². The molecule has 1 heterocycles. The first-order valence-corrected chi connectivity index (χ1v) is 7.19. The molecule has 0 unspecified atom stereocenters. The first-order chi connectivity index (χ1) is 8.76. The van der Waals surface area contributed by atoms with Gasteiger partial charge in [-0.25, -0.2) is 14.3 Å². The first-order valence-electron chi connectivity index (χ1n) is 4.93. The van der Waals surface area contributed by atoms with E-state index in [0.29, 0.717) is 11.5 Å². The monoisotopic (exact) mass is 309 g/mol. The molecule has 11 heteroatoms. The van der Waals surface area contributed by atoms with Crippen LogP contribution in [0.15, 0.2) is 0 Å². The number of anilines is 1. The molecule has 0 fully saturated rings. The number of carbonyl (C=O) groups is 2. The van der Waals surface area contributed by atoms with Crippen LogP contribution in [0.1, 0.15) is 23.0 Å². The summed E-state index contributed by atoms with van der Waals surface area (Å²) in [6, 6.07) is 0. The van der Waals surface area contributed by atoms with Crippen LogP contribution in [0.4, 0.5) is 9.80 Å². The van der Waals surface area contributed by atoms with Gasteiger partial charge in [0.1, 0.15) is 10.6 Å². The van der Waals surface area contributed by atoms with Crippen LogP contribution < -0.4 is 9.44 Å². The van der Waals surface area contributed by atoms with E-state index in [1.165, 1.54) is 13.8 Å². The van der Waals surface area contributed by atoms with E-state index in [1.807, 2.05) is 4.72 Å². The number of amides is 1. The molecule has 0 radical (unpaired) electrons. The van der Waals surface area contributed by atoms with Gasteiger partial charge >= 0.3 is 22.3 Å². The number of nitrogens with one attached hydrogen (secondary N) is 2. The number of aryl methyl sites for hydroxylation is 1. The van der Waals surface area contributed by atoms with Gasteiger partial charge in [0.15, 0.2) is 0 Å². The number of carboxylic acid groups (broad SMARTS) is 1. The number of carboxylic acids is 1. The number of rotatable bonds is 5. The van der Waals surface area contributed by atoms with Gasteiger partial charge in [-0.05, 0) is 25.4 Å². The molecule has 9 nitrogen and oxygen atoms in total. The molecule has 1 amide bonds. The zero-order valence-electron chi connectivity index (χ0n) is 9.96. The number of aromatic nitrogens is 1. The van der Waals surface area contributed by atoms with E-state index >= 15 is 0 Å². The van der Waals surface area contributed by atoms with Crippen molar-refractivity contribution in [3.8, 4) is 0 Å². The van der Waals surface area contributed by atoms with Gasteiger partial charge in [0.25, 0.3) is 0 Å². The molecular weight excluding hydrogens is 298 g/mol. The highest BCUT2D eigenvalue weighted by molar-refractivity contribution is 7.91. The highest BCUT2D eigenvalue weighted by Crippen LogP contribution is 2.25.